The Balaban J connectivity index is 1.91. The summed E-state index contributed by atoms with van der Waals surface area (Å²) in [7, 11) is 0. The predicted molar refractivity (Wildman–Crippen MR) is 85.1 cm³/mol. The molecule has 0 fully saturated rings. The summed E-state index contributed by atoms with van der Waals surface area (Å²) in [5.41, 5.74) is 8.63. The van der Waals surface area contributed by atoms with Crippen molar-refractivity contribution in [1.29, 1.82) is 0 Å². The molecule has 0 spiro atoms. The molecule has 4 heteroatoms. The normalized spacial score (nSPS) is 12.9. The molecule has 1 atom stereocenters. The zero-order chi connectivity index (χ0) is 13.9. The fourth-order valence-corrected chi connectivity index (χ4v) is 3.03. The molecular formula is C16H19N3S. The van der Waals surface area contributed by atoms with E-state index < -0.39 is 0 Å². The maximum Gasteiger partial charge on any atom is 0.112 e. The van der Waals surface area contributed by atoms with Crippen LogP contribution in [0.3, 0.4) is 0 Å². The van der Waals surface area contributed by atoms with E-state index in [4.69, 9.17) is 5.73 Å². The summed E-state index contributed by atoms with van der Waals surface area (Å²) >= 11 is 1.70. The first kappa shape index (κ1) is 13.3. The van der Waals surface area contributed by atoms with Crippen LogP contribution in [0.25, 0.3) is 10.9 Å². The first-order valence-electron chi connectivity index (χ1n) is 6.98. The van der Waals surface area contributed by atoms with Gasteiger partial charge in [-0.1, -0.05) is 19.1 Å². The highest BCUT2D eigenvalue weighted by atomic mass is 32.1. The highest BCUT2D eigenvalue weighted by Crippen LogP contribution is 2.20. The Morgan fingerprint density at radius 2 is 2.25 bits per heavy atom. The van der Waals surface area contributed by atoms with E-state index in [1.165, 1.54) is 16.5 Å². The van der Waals surface area contributed by atoms with Crippen molar-refractivity contribution in [3.05, 3.63) is 52.6 Å². The minimum absolute atomic E-state index is 0.245. The summed E-state index contributed by atoms with van der Waals surface area (Å²) < 4.78 is 2.26. The van der Waals surface area contributed by atoms with E-state index in [9.17, 15) is 0 Å². The second-order valence-corrected chi connectivity index (χ2v) is 6.11. The number of nitrogens with zero attached hydrogens (tertiary/aromatic N) is 2. The predicted octanol–water partition coefficient (Wildman–Crippen LogP) is 3.43. The molecule has 3 aromatic rings. The molecule has 0 amide bonds. The Morgan fingerprint density at radius 1 is 1.35 bits per heavy atom. The highest BCUT2D eigenvalue weighted by molar-refractivity contribution is 7.09. The average Bonchev–Trinajstić information content (AvgIpc) is 3.10. The van der Waals surface area contributed by atoms with Gasteiger partial charge in [0.05, 0.1) is 6.54 Å². The molecule has 2 aromatic heterocycles. The maximum atomic E-state index is 6.06. The Bertz CT molecular complexity index is 685. The lowest BCUT2D eigenvalue weighted by Gasteiger charge is -2.10. The number of hydrogen-bond donors (Lipinski definition) is 1. The zero-order valence-corrected chi connectivity index (χ0v) is 12.4. The Kier molecular flexibility index (Phi) is 3.85. The van der Waals surface area contributed by atoms with Gasteiger partial charge < -0.3 is 10.3 Å². The van der Waals surface area contributed by atoms with Crippen molar-refractivity contribution >= 4 is 22.2 Å². The van der Waals surface area contributed by atoms with Crippen molar-refractivity contribution in [2.75, 3.05) is 0 Å². The molecule has 3 nitrogen and oxygen atoms in total. The number of nitrogens with two attached hydrogens (primary N) is 1. The van der Waals surface area contributed by atoms with Crippen molar-refractivity contribution in [2.24, 2.45) is 5.73 Å². The number of hydrogen-bond acceptors (Lipinski definition) is 3. The first-order valence-corrected chi connectivity index (χ1v) is 7.86. The smallest absolute Gasteiger partial charge is 0.112 e. The van der Waals surface area contributed by atoms with Gasteiger partial charge in [0, 0.05) is 29.3 Å². The number of benzene rings is 1. The third-order valence-electron chi connectivity index (χ3n) is 3.65. The van der Waals surface area contributed by atoms with Crippen LogP contribution in [0.5, 0.6) is 0 Å². The topological polar surface area (TPSA) is 43.8 Å². The Hall–Kier alpha value is -1.65. The van der Waals surface area contributed by atoms with Gasteiger partial charge in [-0.2, -0.15) is 0 Å². The molecule has 3 rings (SSSR count). The van der Waals surface area contributed by atoms with Crippen molar-refractivity contribution in [1.82, 2.24) is 9.55 Å². The van der Waals surface area contributed by atoms with Crippen LogP contribution < -0.4 is 5.73 Å². The number of fused-ring (bicyclic) bond motifs is 1. The maximum absolute atomic E-state index is 6.06. The fourth-order valence-electron chi connectivity index (χ4n) is 2.42. The van der Waals surface area contributed by atoms with Gasteiger partial charge in [-0.25, -0.2) is 4.98 Å². The molecule has 104 valence electrons. The molecular weight excluding hydrogens is 266 g/mol. The lowest BCUT2D eigenvalue weighted by molar-refractivity contribution is 0.646. The van der Waals surface area contributed by atoms with Crippen LogP contribution in [-0.4, -0.2) is 15.6 Å². The van der Waals surface area contributed by atoms with E-state index in [-0.39, 0.29) is 6.04 Å². The van der Waals surface area contributed by atoms with Crippen molar-refractivity contribution in [2.45, 2.75) is 32.4 Å². The summed E-state index contributed by atoms with van der Waals surface area (Å²) in [6.07, 6.45) is 5.94. The summed E-state index contributed by atoms with van der Waals surface area (Å²) in [4.78, 5) is 4.36. The van der Waals surface area contributed by atoms with Gasteiger partial charge in [-0.15, -0.1) is 11.3 Å². The SMILES string of the molecule is CCC(N)Cc1ccc2ccn(Cc3nccs3)c2c1. The molecule has 2 heterocycles. The summed E-state index contributed by atoms with van der Waals surface area (Å²) in [5, 5.41) is 4.43. The monoisotopic (exact) mass is 285 g/mol. The lowest BCUT2D eigenvalue weighted by Crippen LogP contribution is -2.21. The minimum Gasteiger partial charge on any atom is -0.341 e. The Morgan fingerprint density at radius 3 is 3.00 bits per heavy atom. The standard InChI is InChI=1S/C16H19N3S/c1-2-14(17)9-12-3-4-13-5-7-19(15(13)10-12)11-16-18-6-8-20-16/h3-8,10,14H,2,9,11,17H2,1H3. The van der Waals surface area contributed by atoms with Crippen molar-refractivity contribution in [3.8, 4) is 0 Å². The van der Waals surface area contributed by atoms with E-state index >= 15 is 0 Å². The quantitative estimate of drug-likeness (QED) is 0.780. The second-order valence-electron chi connectivity index (χ2n) is 5.14. The molecule has 0 saturated heterocycles. The minimum atomic E-state index is 0.245. The van der Waals surface area contributed by atoms with Crippen LogP contribution in [0.2, 0.25) is 0 Å². The Labute approximate surface area is 123 Å². The van der Waals surface area contributed by atoms with E-state index in [2.05, 4.69) is 46.9 Å². The molecule has 1 aromatic carbocycles. The van der Waals surface area contributed by atoms with Gasteiger partial charge in [0.25, 0.3) is 0 Å². The first-order chi connectivity index (χ1) is 9.76. The van der Waals surface area contributed by atoms with Crippen LogP contribution in [0.1, 0.15) is 23.9 Å². The van der Waals surface area contributed by atoms with Crippen LogP contribution in [0, 0.1) is 0 Å². The van der Waals surface area contributed by atoms with Crippen LogP contribution in [-0.2, 0) is 13.0 Å². The van der Waals surface area contributed by atoms with Crippen molar-refractivity contribution < 1.29 is 0 Å². The third-order valence-corrected chi connectivity index (χ3v) is 4.41. The molecule has 0 bridgehead atoms. The van der Waals surface area contributed by atoms with Gasteiger partial charge in [0.15, 0.2) is 0 Å². The third kappa shape index (κ3) is 2.76. The fraction of sp³-hybridized carbons (Fsp3) is 0.312. The lowest BCUT2D eigenvalue weighted by atomic mass is 10.0. The van der Waals surface area contributed by atoms with Gasteiger partial charge in [0.1, 0.15) is 5.01 Å². The average molecular weight is 285 g/mol. The highest BCUT2D eigenvalue weighted by Gasteiger charge is 2.06. The van der Waals surface area contributed by atoms with Gasteiger partial charge in [0.2, 0.25) is 0 Å². The molecule has 0 saturated carbocycles. The summed E-state index contributed by atoms with van der Waals surface area (Å²) in [5.74, 6) is 0. The molecule has 0 radical (unpaired) electrons. The molecule has 0 aliphatic heterocycles. The van der Waals surface area contributed by atoms with E-state index in [0.29, 0.717) is 0 Å². The van der Waals surface area contributed by atoms with Crippen LogP contribution in [0.15, 0.2) is 42.0 Å². The number of thiazole rings is 1. The molecule has 1 unspecified atom stereocenters. The summed E-state index contributed by atoms with van der Waals surface area (Å²) in [6, 6.07) is 9.04. The van der Waals surface area contributed by atoms with Gasteiger partial charge in [-0.05, 0) is 35.9 Å². The van der Waals surface area contributed by atoms with Crippen LogP contribution in [0.4, 0.5) is 0 Å². The number of aromatic nitrogens is 2. The second kappa shape index (κ2) is 5.77. The van der Waals surface area contributed by atoms with E-state index in [1.54, 1.807) is 11.3 Å². The molecule has 0 aliphatic rings. The van der Waals surface area contributed by atoms with E-state index in [1.807, 2.05) is 11.6 Å². The number of rotatable bonds is 5. The largest absolute Gasteiger partial charge is 0.341 e. The molecule has 0 aliphatic carbocycles. The van der Waals surface area contributed by atoms with Crippen LogP contribution >= 0.6 is 11.3 Å². The molecule has 2 N–H and O–H groups in total. The zero-order valence-electron chi connectivity index (χ0n) is 11.6. The molecule has 20 heavy (non-hydrogen) atoms. The van der Waals surface area contributed by atoms with Gasteiger partial charge >= 0.3 is 0 Å². The van der Waals surface area contributed by atoms with Crippen molar-refractivity contribution in [3.63, 3.8) is 0 Å². The van der Waals surface area contributed by atoms with Gasteiger partial charge in [-0.3, -0.25) is 0 Å². The van der Waals surface area contributed by atoms with E-state index in [0.717, 1.165) is 24.4 Å². The summed E-state index contributed by atoms with van der Waals surface area (Å²) in [6.45, 7) is 2.97.